The Morgan fingerprint density at radius 2 is 1.03 bits per heavy atom. The van der Waals surface area contributed by atoms with Gasteiger partial charge in [0.1, 0.15) is 5.84 Å². The minimum absolute atomic E-state index is 0.142. The summed E-state index contributed by atoms with van der Waals surface area (Å²) in [6.45, 7) is 0. The third-order valence-corrected chi connectivity index (χ3v) is 7.50. The highest BCUT2D eigenvalue weighted by atomic mass is 14.9. The minimum atomic E-state index is 0.142. The molecule has 0 saturated heterocycles. The zero-order chi connectivity index (χ0) is 26.3. The lowest BCUT2D eigenvalue weighted by atomic mass is 9.90. The molecule has 0 heterocycles. The van der Waals surface area contributed by atoms with Crippen LogP contribution in [0.5, 0.6) is 0 Å². The maximum Gasteiger partial charge on any atom is 0.154 e. The quantitative estimate of drug-likeness (QED) is 0.143. The van der Waals surface area contributed by atoms with Crippen LogP contribution in [0, 0.1) is 5.41 Å². The molecule has 0 spiro atoms. The molecular weight excluding hydrogens is 474 g/mol. The molecule has 39 heavy (non-hydrogen) atoms. The molecule has 0 unspecified atom stereocenters. The first-order chi connectivity index (χ1) is 19.2. The lowest BCUT2D eigenvalue weighted by Gasteiger charge is -2.15. The predicted molar refractivity (Wildman–Crippen MR) is 166 cm³/mol. The van der Waals surface area contributed by atoms with Crippen molar-refractivity contribution in [3.63, 3.8) is 0 Å². The van der Waals surface area contributed by atoms with E-state index in [0.29, 0.717) is 5.84 Å². The molecule has 7 aromatic carbocycles. The molecule has 0 saturated carbocycles. The summed E-state index contributed by atoms with van der Waals surface area (Å²) >= 11 is 0. The number of amidine groups is 2. The predicted octanol–water partition coefficient (Wildman–Crippen LogP) is 8.70. The number of hydrogen-bond acceptors (Lipinski definition) is 1. The first-order valence-corrected chi connectivity index (χ1v) is 13.0. The van der Waals surface area contributed by atoms with Crippen molar-refractivity contribution >= 4 is 54.8 Å². The molecule has 0 radical (unpaired) electrons. The van der Waals surface area contributed by atoms with E-state index < -0.39 is 0 Å². The Balaban J connectivity index is 1.48. The SMILES string of the molecule is N=C(/N=C(\N)c1cc2ccccc2cc1-c1ccc2c3ccccc3c3ccccc3c2c1)c1ccccc1. The van der Waals surface area contributed by atoms with E-state index in [0.717, 1.165) is 33.0 Å². The van der Waals surface area contributed by atoms with Crippen LogP contribution in [0.1, 0.15) is 11.1 Å². The average Bonchev–Trinajstić information content (AvgIpc) is 3.00. The van der Waals surface area contributed by atoms with E-state index in [-0.39, 0.29) is 5.84 Å². The van der Waals surface area contributed by atoms with Crippen LogP contribution in [0.15, 0.2) is 138 Å². The first-order valence-electron chi connectivity index (χ1n) is 13.0. The van der Waals surface area contributed by atoms with E-state index in [1.165, 1.54) is 32.3 Å². The minimum Gasteiger partial charge on any atom is -0.383 e. The number of hydrogen-bond donors (Lipinski definition) is 2. The van der Waals surface area contributed by atoms with E-state index in [9.17, 15) is 0 Å². The standard InChI is InChI=1S/C36H25N3/c37-35(23-10-2-1-3-11-23)39-36(38)34-21-25-13-5-4-12-24(25)20-32(34)26-18-19-31-29-16-7-6-14-27(29)28-15-8-9-17-30(28)33(31)22-26/h1-22H,(H3,37,38,39). The molecule has 7 aromatic rings. The van der Waals surface area contributed by atoms with E-state index in [1.54, 1.807) is 0 Å². The van der Waals surface area contributed by atoms with Gasteiger partial charge in [0.05, 0.1) is 0 Å². The molecule has 3 heteroatoms. The number of nitrogens with two attached hydrogens (primary N) is 1. The summed E-state index contributed by atoms with van der Waals surface area (Å²) in [6, 6.07) is 45.9. The molecule has 0 aliphatic heterocycles. The van der Waals surface area contributed by atoms with Crippen LogP contribution in [0.2, 0.25) is 0 Å². The zero-order valence-electron chi connectivity index (χ0n) is 21.2. The second kappa shape index (κ2) is 9.23. The normalized spacial score (nSPS) is 11.9. The van der Waals surface area contributed by atoms with Crippen LogP contribution in [0.4, 0.5) is 0 Å². The molecule has 184 valence electrons. The fourth-order valence-electron chi connectivity index (χ4n) is 5.61. The van der Waals surface area contributed by atoms with Crippen LogP contribution in [0.3, 0.4) is 0 Å². The molecule has 3 nitrogen and oxygen atoms in total. The number of nitrogens with one attached hydrogen (secondary N) is 1. The van der Waals surface area contributed by atoms with Crippen molar-refractivity contribution in [1.82, 2.24) is 0 Å². The van der Waals surface area contributed by atoms with Gasteiger partial charge >= 0.3 is 0 Å². The Labute approximate surface area is 226 Å². The van der Waals surface area contributed by atoms with Crippen LogP contribution in [0.25, 0.3) is 54.2 Å². The molecule has 0 atom stereocenters. The van der Waals surface area contributed by atoms with Crippen molar-refractivity contribution in [3.05, 3.63) is 145 Å². The van der Waals surface area contributed by atoms with Crippen LogP contribution in [-0.4, -0.2) is 11.7 Å². The van der Waals surface area contributed by atoms with Gasteiger partial charge in [0.15, 0.2) is 5.84 Å². The molecule has 0 fully saturated rings. The molecule has 0 aromatic heterocycles. The number of benzene rings is 7. The maximum absolute atomic E-state index is 8.55. The van der Waals surface area contributed by atoms with Gasteiger partial charge in [-0.3, -0.25) is 5.41 Å². The van der Waals surface area contributed by atoms with Crippen LogP contribution < -0.4 is 5.73 Å². The van der Waals surface area contributed by atoms with Gasteiger partial charge in [0.2, 0.25) is 0 Å². The van der Waals surface area contributed by atoms with Crippen molar-refractivity contribution in [3.8, 4) is 11.1 Å². The van der Waals surface area contributed by atoms with E-state index >= 15 is 0 Å². The van der Waals surface area contributed by atoms with Crippen LogP contribution in [-0.2, 0) is 0 Å². The summed E-state index contributed by atoms with van der Waals surface area (Å²) in [5.41, 5.74) is 10.3. The lowest BCUT2D eigenvalue weighted by molar-refractivity contribution is 1.40. The monoisotopic (exact) mass is 499 g/mol. The van der Waals surface area contributed by atoms with Crippen molar-refractivity contribution in [2.24, 2.45) is 10.7 Å². The largest absolute Gasteiger partial charge is 0.383 e. The molecule has 3 N–H and O–H groups in total. The average molecular weight is 500 g/mol. The van der Waals surface area contributed by atoms with Gasteiger partial charge < -0.3 is 5.73 Å². The third kappa shape index (κ3) is 3.92. The van der Waals surface area contributed by atoms with Crippen LogP contribution >= 0.6 is 0 Å². The van der Waals surface area contributed by atoms with Crippen molar-refractivity contribution in [2.75, 3.05) is 0 Å². The Hall–Kier alpha value is -5.28. The smallest absolute Gasteiger partial charge is 0.154 e. The Kier molecular flexibility index (Phi) is 5.42. The number of nitrogens with zero attached hydrogens (tertiary/aromatic N) is 1. The van der Waals surface area contributed by atoms with Gasteiger partial charge in [-0.15, -0.1) is 0 Å². The molecule has 0 aliphatic carbocycles. The second-order valence-electron chi connectivity index (χ2n) is 9.81. The number of aliphatic imine (C=N–C) groups is 1. The Morgan fingerprint density at radius 1 is 0.513 bits per heavy atom. The van der Waals surface area contributed by atoms with Gasteiger partial charge in [0, 0.05) is 11.1 Å². The summed E-state index contributed by atoms with van der Waals surface area (Å²) < 4.78 is 0. The van der Waals surface area contributed by atoms with E-state index in [1.807, 2.05) is 42.5 Å². The maximum atomic E-state index is 8.55. The van der Waals surface area contributed by atoms with Gasteiger partial charge in [-0.05, 0) is 72.4 Å². The highest BCUT2D eigenvalue weighted by Crippen LogP contribution is 2.38. The highest BCUT2D eigenvalue weighted by molar-refractivity contribution is 6.26. The fourth-order valence-corrected chi connectivity index (χ4v) is 5.61. The lowest BCUT2D eigenvalue weighted by Crippen LogP contribution is -2.17. The van der Waals surface area contributed by atoms with E-state index in [2.05, 4.69) is 96.0 Å². The second-order valence-corrected chi connectivity index (χ2v) is 9.81. The van der Waals surface area contributed by atoms with Gasteiger partial charge in [-0.1, -0.05) is 115 Å². The molecule has 7 rings (SSSR count). The zero-order valence-corrected chi connectivity index (χ0v) is 21.2. The molecule has 0 amide bonds. The summed E-state index contributed by atoms with van der Waals surface area (Å²) in [7, 11) is 0. The third-order valence-electron chi connectivity index (χ3n) is 7.50. The fraction of sp³-hybridized carbons (Fsp3) is 0. The van der Waals surface area contributed by atoms with Crippen molar-refractivity contribution in [1.29, 1.82) is 5.41 Å². The number of rotatable bonds is 3. The summed E-state index contributed by atoms with van der Waals surface area (Å²) in [6.07, 6.45) is 0. The van der Waals surface area contributed by atoms with Gasteiger partial charge in [-0.2, -0.15) is 0 Å². The summed E-state index contributed by atoms with van der Waals surface area (Å²) in [5.74, 6) is 0.469. The topological polar surface area (TPSA) is 62.2 Å². The summed E-state index contributed by atoms with van der Waals surface area (Å²) in [4.78, 5) is 4.54. The molecular formula is C36H25N3. The number of fused-ring (bicyclic) bond motifs is 7. The van der Waals surface area contributed by atoms with E-state index in [4.69, 9.17) is 11.1 Å². The first kappa shape index (κ1) is 22.9. The Morgan fingerprint density at radius 3 is 1.67 bits per heavy atom. The van der Waals surface area contributed by atoms with Gasteiger partial charge in [0.25, 0.3) is 0 Å². The molecule has 0 bridgehead atoms. The van der Waals surface area contributed by atoms with Crippen molar-refractivity contribution in [2.45, 2.75) is 0 Å². The highest BCUT2D eigenvalue weighted by Gasteiger charge is 2.15. The summed E-state index contributed by atoms with van der Waals surface area (Å²) in [5, 5.41) is 18.2. The van der Waals surface area contributed by atoms with Gasteiger partial charge in [-0.25, -0.2) is 4.99 Å². The Bertz CT molecular complexity index is 2050. The molecule has 0 aliphatic rings. The van der Waals surface area contributed by atoms with Crippen molar-refractivity contribution < 1.29 is 0 Å².